The number of H-pyrrole nitrogens is 1. The minimum absolute atomic E-state index is 0.105. The molecule has 1 amide bonds. The molecule has 4 N–H and O–H groups in total. The van der Waals surface area contributed by atoms with Gasteiger partial charge in [0.15, 0.2) is 5.65 Å². The van der Waals surface area contributed by atoms with Gasteiger partial charge in [0.1, 0.15) is 10.5 Å². The van der Waals surface area contributed by atoms with E-state index < -0.39 is 5.25 Å². The van der Waals surface area contributed by atoms with Crippen LogP contribution >= 0.6 is 11.8 Å². The maximum atomic E-state index is 12.6. The highest BCUT2D eigenvalue weighted by molar-refractivity contribution is 8.00. The number of nitrogen functional groups attached to an aromatic ring is 1. The first kappa shape index (κ1) is 16.9. The number of hydrogen-bond acceptors (Lipinski definition) is 9. The number of thioether (sulfide) groups is 1. The number of nitrogens with zero attached hydrogens (tertiary/aromatic N) is 5. The van der Waals surface area contributed by atoms with Crippen molar-refractivity contribution in [3.8, 4) is 5.88 Å². The van der Waals surface area contributed by atoms with Crippen LogP contribution in [0.3, 0.4) is 0 Å². The number of nitrogens with one attached hydrogen (secondary N) is 2. The zero-order valence-corrected chi connectivity index (χ0v) is 14.4. The molecule has 10 nitrogen and oxygen atoms in total. The molecule has 3 aromatic heterocycles. The van der Waals surface area contributed by atoms with Crippen LogP contribution in [0.25, 0.3) is 11.2 Å². The smallest absolute Gasteiger partial charge is 0.240 e. The number of anilines is 2. The summed E-state index contributed by atoms with van der Waals surface area (Å²) in [6.07, 6.45) is 3.59. The number of nitrogens with two attached hydrogens (primary N) is 1. The molecule has 0 unspecified atom stereocenters. The highest BCUT2D eigenvalue weighted by atomic mass is 32.2. The minimum Gasteiger partial charge on any atom is -0.481 e. The topological polar surface area (TPSA) is 145 Å². The van der Waals surface area contributed by atoms with Gasteiger partial charge in [0.2, 0.25) is 23.7 Å². The number of amides is 1. The zero-order chi connectivity index (χ0) is 17.8. The molecular formula is C14H16N8O2S. The standard InChI is InChI=1S/C14H16N8O2S/c1-3-7(11(23)21-14-16-5-4-8(19-14)24-2)25-12-9-10(18-6-17-9)20-13(15)22-12/h4-7H,3H2,1-2H3,(H,16,19,21,23)(H3,15,17,18,20,22)/t7-/m1/s1. The molecule has 0 spiro atoms. The molecule has 11 heteroatoms. The Balaban J connectivity index is 1.79. The summed E-state index contributed by atoms with van der Waals surface area (Å²) in [6.45, 7) is 1.90. The van der Waals surface area contributed by atoms with Crippen LogP contribution in [-0.4, -0.2) is 48.2 Å². The highest BCUT2D eigenvalue weighted by Gasteiger charge is 2.22. The van der Waals surface area contributed by atoms with Crippen LogP contribution in [0.2, 0.25) is 0 Å². The Morgan fingerprint density at radius 3 is 3.00 bits per heavy atom. The predicted molar refractivity (Wildman–Crippen MR) is 93.2 cm³/mol. The van der Waals surface area contributed by atoms with Crippen LogP contribution in [0.4, 0.5) is 11.9 Å². The lowest BCUT2D eigenvalue weighted by molar-refractivity contribution is -0.115. The van der Waals surface area contributed by atoms with Gasteiger partial charge in [-0.1, -0.05) is 18.7 Å². The van der Waals surface area contributed by atoms with E-state index in [9.17, 15) is 4.79 Å². The van der Waals surface area contributed by atoms with E-state index in [4.69, 9.17) is 10.5 Å². The number of methoxy groups -OCH3 is 1. The van der Waals surface area contributed by atoms with Crippen LogP contribution in [0, 0.1) is 0 Å². The molecule has 3 rings (SSSR count). The molecular weight excluding hydrogens is 344 g/mol. The fourth-order valence-corrected chi connectivity index (χ4v) is 3.09. The van der Waals surface area contributed by atoms with Gasteiger partial charge in [-0.15, -0.1) is 0 Å². The maximum Gasteiger partial charge on any atom is 0.240 e. The summed E-state index contributed by atoms with van der Waals surface area (Å²) in [7, 11) is 1.49. The summed E-state index contributed by atoms with van der Waals surface area (Å²) in [5.41, 5.74) is 6.81. The Labute approximate surface area is 147 Å². The van der Waals surface area contributed by atoms with E-state index in [0.717, 1.165) is 0 Å². The van der Waals surface area contributed by atoms with Crippen LogP contribution in [0.5, 0.6) is 5.88 Å². The van der Waals surface area contributed by atoms with E-state index >= 15 is 0 Å². The van der Waals surface area contributed by atoms with E-state index in [1.54, 1.807) is 6.07 Å². The quantitative estimate of drug-likeness (QED) is 0.436. The van der Waals surface area contributed by atoms with Crippen molar-refractivity contribution in [3.05, 3.63) is 18.6 Å². The van der Waals surface area contributed by atoms with Gasteiger partial charge in [0.25, 0.3) is 0 Å². The molecule has 0 fully saturated rings. The molecule has 0 aromatic carbocycles. The summed E-state index contributed by atoms with van der Waals surface area (Å²) < 4.78 is 5.02. The number of fused-ring (bicyclic) bond motifs is 1. The molecule has 1 atom stereocenters. The molecule has 3 heterocycles. The summed E-state index contributed by atoms with van der Waals surface area (Å²) in [6, 6.07) is 1.60. The van der Waals surface area contributed by atoms with Crippen molar-refractivity contribution < 1.29 is 9.53 Å². The van der Waals surface area contributed by atoms with Gasteiger partial charge in [0.05, 0.1) is 18.7 Å². The van der Waals surface area contributed by atoms with Crippen molar-refractivity contribution in [2.75, 3.05) is 18.2 Å². The number of carbonyl (C=O) groups excluding carboxylic acids is 1. The van der Waals surface area contributed by atoms with Crippen molar-refractivity contribution in [1.29, 1.82) is 0 Å². The molecule has 130 valence electrons. The van der Waals surface area contributed by atoms with Crippen molar-refractivity contribution >= 4 is 40.7 Å². The monoisotopic (exact) mass is 360 g/mol. The Morgan fingerprint density at radius 1 is 1.40 bits per heavy atom. The van der Waals surface area contributed by atoms with Crippen molar-refractivity contribution in [1.82, 2.24) is 29.9 Å². The van der Waals surface area contributed by atoms with Gasteiger partial charge in [-0.3, -0.25) is 10.1 Å². The SMILES string of the molecule is CC[C@@H](Sc1nc(N)nc2nc[nH]c12)C(=O)Nc1nccc(OC)n1. The van der Waals surface area contributed by atoms with Crippen molar-refractivity contribution in [2.24, 2.45) is 0 Å². The third-order valence-corrected chi connectivity index (χ3v) is 4.61. The minimum atomic E-state index is -0.421. The van der Waals surface area contributed by atoms with E-state index in [-0.39, 0.29) is 17.8 Å². The lowest BCUT2D eigenvalue weighted by Gasteiger charge is -2.14. The lowest BCUT2D eigenvalue weighted by atomic mass is 10.3. The van der Waals surface area contributed by atoms with Crippen LogP contribution in [0.1, 0.15) is 13.3 Å². The van der Waals surface area contributed by atoms with Gasteiger partial charge in [-0.25, -0.2) is 15.0 Å². The van der Waals surface area contributed by atoms with Crippen molar-refractivity contribution in [3.63, 3.8) is 0 Å². The third kappa shape index (κ3) is 3.76. The Kier molecular flexibility index (Phi) is 4.93. The second kappa shape index (κ2) is 7.30. The van der Waals surface area contributed by atoms with Gasteiger partial charge < -0.3 is 15.5 Å². The second-order valence-corrected chi connectivity index (χ2v) is 6.11. The molecule has 0 radical (unpaired) electrons. The first-order valence-corrected chi connectivity index (χ1v) is 8.29. The maximum absolute atomic E-state index is 12.6. The lowest BCUT2D eigenvalue weighted by Crippen LogP contribution is -2.25. The molecule has 0 saturated heterocycles. The number of aromatic nitrogens is 6. The molecule has 0 aliphatic rings. The van der Waals surface area contributed by atoms with Crippen LogP contribution < -0.4 is 15.8 Å². The molecule has 0 aliphatic heterocycles. The Bertz CT molecular complexity index is 899. The van der Waals surface area contributed by atoms with Gasteiger partial charge >= 0.3 is 0 Å². The van der Waals surface area contributed by atoms with E-state index in [1.165, 1.54) is 31.4 Å². The average molecular weight is 360 g/mol. The van der Waals surface area contributed by atoms with E-state index in [2.05, 4.69) is 35.2 Å². The summed E-state index contributed by atoms with van der Waals surface area (Å²) in [5.74, 6) is 0.408. The van der Waals surface area contributed by atoms with Crippen molar-refractivity contribution in [2.45, 2.75) is 23.6 Å². The molecule has 0 bridgehead atoms. The van der Waals surface area contributed by atoms with E-state index in [1.807, 2.05) is 6.92 Å². The van der Waals surface area contributed by atoms with Crippen LogP contribution in [0.15, 0.2) is 23.6 Å². The number of rotatable bonds is 6. The highest BCUT2D eigenvalue weighted by Crippen LogP contribution is 2.29. The van der Waals surface area contributed by atoms with Gasteiger partial charge in [-0.05, 0) is 6.42 Å². The molecule has 25 heavy (non-hydrogen) atoms. The number of ether oxygens (including phenoxy) is 1. The number of aromatic amines is 1. The average Bonchev–Trinajstić information content (AvgIpc) is 3.07. The number of hydrogen-bond donors (Lipinski definition) is 3. The first-order chi connectivity index (χ1) is 12.1. The van der Waals surface area contributed by atoms with E-state index in [0.29, 0.717) is 28.5 Å². The third-order valence-electron chi connectivity index (χ3n) is 3.26. The molecule has 0 saturated carbocycles. The normalized spacial score (nSPS) is 12.1. The number of carbonyl (C=O) groups is 1. The summed E-state index contributed by atoms with van der Waals surface area (Å²) in [4.78, 5) is 35.9. The fourth-order valence-electron chi connectivity index (χ4n) is 2.07. The molecule has 3 aromatic rings. The Morgan fingerprint density at radius 2 is 2.24 bits per heavy atom. The zero-order valence-electron chi connectivity index (χ0n) is 13.6. The predicted octanol–water partition coefficient (Wildman–Crippen LogP) is 1.24. The number of imidazole rings is 1. The summed E-state index contributed by atoms with van der Waals surface area (Å²) in [5, 5.41) is 2.82. The second-order valence-electron chi connectivity index (χ2n) is 4.91. The summed E-state index contributed by atoms with van der Waals surface area (Å²) >= 11 is 1.27. The molecule has 0 aliphatic carbocycles. The van der Waals surface area contributed by atoms with Gasteiger partial charge in [0, 0.05) is 12.3 Å². The fraction of sp³-hybridized carbons (Fsp3) is 0.286. The van der Waals surface area contributed by atoms with Crippen LogP contribution in [-0.2, 0) is 4.79 Å². The largest absolute Gasteiger partial charge is 0.481 e. The Hall–Kier alpha value is -2.95. The van der Waals surface area contributed by atoms with Gasteiger partial charge in [-0.2, -0.15) is 9.97 Å². The first-order valence-electron chi connectivity index (χ1n) is 7.41.